The lowest BCUT2D eigenvalue weighted by Crippen LogP contribution is -2.61. The molecule has 2 fully saturated rings. The molecule has 2 aliphatic heterocycles. The fourth-order valence-corrected chi connectivity index (χ4v) is 3.77. The second-order valence-corrected chi connectivity index (χ2v) is 10.2. The molecule has 0 aromatic carbocycles. The van der Waals surface area contributed by atoms with Gasteiger partial charge in [0.05, 0.1) is 24.4 Å². The number of carboxylic acids is 2. The summed E-state index contributed by atoms with van der Waals surface area (Å²) in [6.45, 7) is 13.7. The van der Waals surface area contributed by atoms with Crippen LogP contribution in [0.1, 0.15) is 55.4 Å². The molecule has 2 saturated heterocycles. The molecule has 0 spiro atoms. The van der Waals surface area contributed by atoms with Gasteiger partial charge in [-0.15, -0.1) is 0 Å². The molecule has 224 valence electrons. The fraction of sp³-hybridized carbons (Fsp3) is 0.917. The molecule has 2 aliphatic rings. The zero-order valence-corrected chi connectivity index (χ0v) is 23.0. The van der Waals surface area contributed by atoms with Crippen molar-refractivity contribution < 1.29 is 68.6 Å². The van der Waals surface area contributed by atoms with Gasteiger partial charge in [0.15, 0.2) is 24.8 Å². The summed E-state index contributed by atoms with van der Waals surface area (Å²) in [6.07, 6.45) is -14.1. The van der Waals surface area contributed by atoms with Gasteiger partial charge in [0.25, 0.3) is 0 Å². The zero-order valence-electron chi connectivity index (χ0n) is 23.0. The van der Waals surface area contributed by atoms with Gasteiger partial charge < -0.3 is 59.1 Å². The molecule has 14 nitrogen and oxygen atoms in total. The summed E-state index contributed by atoms with van der Waals surface area (Å²) in [4.78, 5) is 22.4. The Hall–Kier alpha value is -1.46. The number of hydrogen-bond donors (Lipinski definition) is 6. The van der Waals surface area contributed by atoms with Gasteiger partial charge in [0.2, 0.25) is 0 Å². The van der Waals surface area contributed by atoms with Gasteiger partial charge in [-0.2, -0.15) is 0 Å². The maximum Gasteiger partial charge on any atom is 0.335 e. The Morgan fingerprint density at radius 2 is 0.789 bits per heavy atom. The van der Waals surface area contributed by atoms with Crippen LogP contribution in [0.3, 0.4) is 0 Å². The largest absolute Gasteiger partial charge is 0.479 e. The summed E-state index contributed by atoms with van der Waals surface area (Å²) in [6, 6.07) is 0. The number of rotatable bonds is 10. The molecule has 6 N–H and O–H groups in total. The molecular weight excluding hydrogens is 512 g/mol. The Kier molecular flexibility index (Phi) is 14.0. The van der Waals surface area contributed by atoms with Gasteiger partial charge in [0, 0.05) is 0 Å². The first-order valence-electron chi connectivity index (χ1n) is 12.6. The lowest BCUT2D eigenvalue weighted by Gasteiger charge is -2.41. The number of aliphatic hydroxyl groups excluding tert-OH is 4. The maximum absolute atomic E-state index is 11.2. The molecule has 0 aromatic rings. The lowest BCUT2D eigenvalue weighted by molar-refractivity contribution is -0.310. The summed E-state index contributed by atoms with van der Waals surface area (Å²) in [5.74, 6) is -2.54. The van der Waals surface area contributed by atoms with E-state index in [1.54, 1.807) is 55.4 Å². The second-order valence-electron chi connectivity index (χ2n) is 10.2. The van der Waals surface area contributed by atoms with Crippen LogP contribution in [0.4, 0.5) is 0 Å². The number of carbonyl (C=O) groups is 2. The van der Waals surface area contributed by atoms with Crippen molar-refractivity contribution in [2.45, 2.75) is 141 Å². The molecule has 0 aliphatic carbocycles. The monoisotopic (exact) mass is 556 g/mol. The minimum Gasteiger partial charge on any atom is -0.479 e. The summed E-state index contributed by atoms with van der Waals surface area (Å²) in [5.41, 5.74) is 0. The first-order valence-corrected chi connectivity index (χ1v) is 12.6. The van der Waals surface area contributed by atoms with E-state index in [1.807, 2.05) is 0 Å². The van der Waals surface area contributed by atoms with Crippen LogP contribution in [0.2, 0.25) is 0 Å². The highest BCUT2D eigenvalue weighted by molar-refractivity contribution is 5.74. The molecule has 2 unspecified atom stereocenters. The predicted molar refractivity (Wildman–Crippen MR) is 129 cm³/mol. The van der Waals surface area contributed by atoms with Gasteiger partial charge in [-0.3, -0.25) is 0 Å². The van der Waals surface area contributed by atoms with Crippen molar-refractivity contribution in [3.8, 4) is 0 Å². The highest BCUT2D eigenvalue weighted by Crippen LogP contribution is 2.27. The predicted octanol–water partition coefficient (Wildman–Crippen LogP) is -0.527. The molecule has 0 bridgehead atoms. The Bertz CT molecular complexity index is 669. The molecule has 0 radical (unpaired) electrons. The lowest BCUT2D eigenvalue weighted by atomic mass is 9.98. The highest BCUT2D eigenvalue weighted by atomic mass is 16.7. The summed E-state index contributed by atoms with van der Waals surface area (Å²) >= 11 is 0. The standard InChI is InChI=1S/2C12H22O7/c2*1-5(2)17-9-7(13)8(14)12(18-6(3)4)19-10(9)11(15)16/h2*5-10,12-14H,1-4H3,(H,15,16)/t7-,8?,9+,10?,12-;7-,8+,9+,10+,12-/m11/s1. The van der Waals surface area contributed by atoms with Crippen LogP contribution in [-0.2, 0) is 38.0 Å². The van der Waals surface area contributed by atoms with Crippen molar-refractivity contribution in [1.82, 2.24) is 0 Å². The SMILES string of the molecule is CC(C)O[C@@H]1OC(C(=O)O)[C@@H](OC(C)C)[C@H](O)C1O.CC(C)O[C@@H]1O[C@H](C(=O)O)[C@@H](OC(C)C)[C@H](O)[C@@H]1O. The van der Waals surface area contributed by atoms with Crippen LogP contribution in [-0.4, -0.2) is 128 Å². The fourth-order valence-electron chi connectivity index (χ4n) is 3.77. The number of carboxylic acid groups (broad SMARTS) is 2. The van der Waals surface area contributed by atoms with Crippen molar-refractivity contribution in [3.63, 3.8) is 0 Å². The van der Waals surface area contributed by atoms with Gasteiger partial charge >= 0.3 is 11.9 Å². The van der Waals surface area contributed by atoms with E-state index < -0.39 is 73.4 Å². The van der Waals surface area contributed by atoms with E-state index in [0.29, 0.717) is 0 Å². The average Bonchev–Trinajstić information content (AvgIpc) is 2.77. The molecule has 0 amide bonds. The molecule has 38 heavy (non-hydrogen) atoms. The third-order valence-electron chi connectivity index (χ3n) is 5.25. The average molecular weight is 557 g/mol. The highest BCUT2D eigenvalue weighted by Gasteiger charge is 2.50. The second kappa shape index (κ2) is 15.4. The Morgan fingerprint density at radius 1 is 0.526 bits per heavy atom. The minimum atomic E-state index is -1.39. The molecule has 2 rings (SSSR count). The van der Waals surface area contributed by atoms with Gasteiger partial charge in [-0.25, -0.2) is 9.59 Å². The van der Waals surface area contributed by atoms with E-state index in [9.17, 15) is 30.0 Å². The van der Waals surface area contributed by atoms with E-state index in [1.165, 1.54) is 0 Å². The third-order valence-corrected chi connectivity index (χ3v) is 5.25. The summed E-state index contributed by atoms with van der Waals surface area (Å²) < 4.78 is 31.6. The molecular formula is C24H44O14. The van der Waals surface area contributed by atoms with Gasteiger partial charge in [0.1, 0.15) is 36.6 Å². The number of ether oxygens (including phenoxy) is 6. The molecule has 14 heteroatoms. The van der Waals surface area contributed by atoms with Crippen molar-refractivity contribution >= 4 is 11.9 Å². The molecule has 10 atom stereocenters. The van der Waals surface area contributed by atoms with Crippen molar-refractivity contribution in [3.05, 3.63) is 0 Å². The number of hydrogen-bond acceptors (Lipinski definition) is 12. The quantitative estimate of drug-likeness (QED) is 0.200. The molecule has 0 saturated carbocycles. The molecule has 2 heterocycles. The van der Waals surface area contributed by atoms with E-state index in [-0.39, 0.29) is 24.4 Å². The van der Waals surface area contributed by atoms with Crippen LogP contribution >= 0.6 is 0 Å². The van der Waals surface area contributed by atoms with E-state index >= 15 is 0 Å². The van der Waals surface area contributed by atoms with Crippen molar-refractivity contribution in [1.29, 1.82) is 0 Å². The normalized spacial score (nSPS) is 35.9. The van der Waals surface area contributed by atoms with Gasteiger partial charge in [-0.1, -0.05) is 0 Å². The van der Waals surface area contributed by atoms with E-state index in [2.05, 4.69) is 0 Å². The van der Waals surface area contributed by atoms with Crippen molar-refractivity contribution in [2.24, 2.45) is 0 Å². The van der Waals surface area contributed by atoms with E-state index in [0.717, 1.165) is 0 Å². The van der Waals surface area contributed by atoms with Crippen LogP contribution in [0.25, 0.3) is 0 Å². The smallest absolute Gasteiger partial charge is 0.335 e. The Morgan fingerprint density at radius 3 is 1.00 bits per heavy atom. The minimum absolute atomic E-state index is 0.274. The van der Waals surface area contributed by atoms with Crippen LogP contribution in [0, 0.1) is 0 Å². The Balaban J connectivity index is 0.000000380. The first-order chi connectivity index (χ1) is 17.5. The summed E-state index contributed by atoms with van der Waals surface area (Å²) in [5, 5.41) is 58.0. The van der Waals surface area contributed by atoms with Crippen LogP contribution in [0.5, 0.6) is 0 Å². The number of aliphatic carboxylic acids is 2. The first kappa shape index (κ1) is 34.6. The summed E-state index contributed by atoms with van der Waals surface area (Å²) in [7, 11) is 0. The van der Waals surface area contributed by atoms with Crippen LogP contribution in [0.15, 0.2) is 0 Å². The topological polar surface area (TPSA) is 211 Å². The van der Waals surface area contributed by atoms with Crippen LogP contribution < -0.4 is 0 Å². The van der Waals surface area contributed by atoms with Crippen molar-refractivity contribution in [2.75, 3.05) is 0 Å². The zero-order chi connectivity index (χ0) is 29.5. The number of aliphatic hydroxyl groups is 4. The molecule has 0 aromatic heterocycles. The van der Waals surface area contributed by atoms with E-state index in [4.69, 9.17) is 38.6 Å². The Labute approximate surface area is 222 Å². The third kappa shape index (κ3) is 9.93. The van der Waals surface area contributed by atoms with Gasteiger partial charge in [-0.05, 0) is 55.4 Å². The maximum atomic E-state index is 11.2.